The Morgan fingerprint density at radius 1 is 1.69 bits per heavy atom. The van der Waals surface area contributed by atoms with E-state index in [1.807, 2.05) is 6.92 Å². The normalized spacial score (nSPS) is 9.94. The third-order valence-corrected chi connectivity index (χ3v) is 2.97. The Balaban J connectivity index is 2.61. The van der Waals surface area contributed by atoms with Crippen LogP contribution in [0, 0.1) is 6.92 Å². The Hall–Kier alpha value is -1.30. The van der Waals surface area contributed by atoms with Gasteiger partial charge >= 0.3 is 5.97 Å². The number of hydrogen-bond donors (Lipinski definition) is 2. The van der Waals surface area contributed by atoms with Gasteiger partial charge in [-0.2, -0.15) is 0 Å². The second kappa shape index (κ2) is 5.69. The highest BCUT2D eigenvalue weighted by Crippen LogP contribution is 2.26. The van der Waals surface area contributed by atoms with Gasteiger partial charge in [-0.1, -0.05) is 0 Å². The zero-order valence-corrected chi connectivity index (χ0v) is 10.8. The van der Waals surface area contributed by atoms with Crippen molar-refractivity contribution in [1.82, 2.24) is 4.98 Å². The largest absolute Gasteiger partial charge is 0.469 e. The zero-order chi connectivity index (χ0) is 12.1. The van der Waals surface area contributed by atoms with Crippen LogP contribution >= 0.6 is 15.9 Å². The molecule has 0 amide bonds. The van der Waals surface area contributed by atoms with Crippen LogP contribution in [0.2, 0.25) is 0 Å². The van der Waals surface area contributed by atoms with Crippen molar-refractivity contribution >= 4 is 33.4 Å². The van der Waals surface area contributed by atoms with Gasteiger partial charge in [0.2, 0.25) is 0 Å². The second-order valence-electron chi connectivity index (χ2n) is 3.25. The molecule has 0 aliphatic heterocycles. The molecule has 0 aliphatic rings. The minimum Gasteiger partial charge on any atom is -0.469 e. The van der Waals surface area contributed by atoms with E-state index in [1.165, 1.54) is 7.11 Å². The van der Waals surface area contributed by atoms with Gasteiger partial charge in [0.05, 0.1) is 19.2 Å². The lowest BCUT2D eigenvalue weighted by Crippen LogP contribution is -2.12. The smallest absolute Gasteiger partial charge is 0.307 e. The number of ether oxygens (including phenoxy) is 1. The van der Waals surface area contributed by atoms with E-state index in [1.54, 1.807) is 6.20 Å². The van der Waals surface area contributed by atoms with Crippen molar-refractivity contribution in [2.24, 2.45) is 0 Å². The summed E-state index contributed by atoms with van der Waals surface area (Å²) in [4.78, 5) is 15.0. The summed E-state index contributed by atoms with van der Waals surface area (Å²) in [5, 5.41) is 2.99. The molecule has 5 nitrogen and oxygen atoms in total. The van der Waals surface area contributed by atoms with Crippen LogP contribution in [0.1, 0.15) is 12.0 Å². The van der Waals surface area contributed by atoms with Crippen LogP contribution < -0.4 is 11.1 Å². The van der Waals surface area contributed by atoms with Gasteiger partial charge in [-0.3, -0.25) is 4.79 Å². The number of anilines is 2. The number of carbonyl (C=O) groups excluding carboxylic acids is 1. The number of methoxy groups -OCH3 is 1. The van der Waals surface area contributed by atoms with Gasteiger partial charge in [-0.25, -0.2) is 4.98 Å². The number of nitrogens with zero attached hydrogens (tertiary/aromatic N) is 1. The summed E-state index contributed by atoms with van der Waals surface area (Å²) in [7, 11) is 1.36. The molecule has 0 aliphatic carbocycles. The van der Waals surface area contributed by atoms with E-state index < -0.39 is 0 Å². The fourth-order valence-electron chi connectivity index (χ4n) is 1.12. The predicted octanol–water partition coefficient (Wildman–Crippen LogP) is 1.71. The number of pyridine rings is 1. The fraction of sp³-hybridized carbons (Fsp3) is 0.400. The summed E-state index contributed by atoms with van der Waals surface area (Å²) < 4.78 is 5.39. The molecule has 6 heteroatoms. The average Bonchev–Trinajstić information content (AvgIpc) is 2.29. The van der Waals surface area contributed by atoms with Gasteiger partial charge in [0.1, 0.15) is 5.82 Å². The van der Waals surface area contributed by atoms with Crippen molar-refractivity contribution in [2.45, 2.75) is 13.3 Å². The Labute approximate surface area is 103 Å². The Morgan fingerprint density at radius 2 is 2.38 bits per heavy atom. The van der Waals surface area contributed by atoms with Gasteiger partial charge in [0.25, 0.3) is 0 Å². The number of nitrogens with two attached hydrogens (primary N) is 1. The minimum absolute atomic E-state index is 0.264. The van der Waals surface area contributed by atoms with E-state index >= 15 is 0 Å². The summed E-state index contributed by atoms with van der Waals surface area (Å²) in [5.41, 5.74) is 7.37. The lowest BCUT2D eigenvalue weighted by Gasteiger charge is -2.10. The summed E-state index contributed by atoms with van der Waals surface area (Å²) in [6.45, 7) is 2.34. The van der Waals surface area contributed by atoms with E-state index in [-0.39, 0.29) is 12.4 Å². The maximum absolute atomic E-state index is 10.9. The minimum atomic E-state index is -0.264. The van der Waals surface area contributed by atoms with E-state index in [9.17, 15) is 4.79 Å². The first-order valence-electron chi connectivity index (χ1n) is 4.77. The topological polar surface area (TPSA) is 77.2 Å². The number of halogens is 1. The van der Waals surface area contributed by atoms with Crippen LogP contribution in [0.4, 0.5) is 11.5 Å². The summed E-state index contributed by atoms with van der Waals surface area (Å²) in [6, 6.07) is 0. The van der Waals surface area contributed by atoms with Crippen molar-refractivity contribution in [3.8, 4) is 0 Å². The van der Waals surface area contributed by atoms with Gasteiger partial charge in [0.15, 0.2) is 0 Å². The number of carbonyl (C=O) groups is 1. The molecule has 0 radical (unpaired) electrons. The summed E-state index contributed by atoms with van der Waals surface area (Å²) >= 11 is 3.34. The SMILES string of the molecule is COC(=O)CCNc1ncc(Br)c(C)c1N. The molecule has 0 aromatic carbocycles. The molecular formula is C10H14BrN3O2. The van der Waals surface area contributed by atoms with Crippen molar-refractivity contribution in [2.75, 3.05) is 24.7 Å². The number of nitrogens with one attached hydrogen (secondary N) is 1. The second-order valence-corrected chi connectivity index (χ2v) is 4.10. The molecule has 1 aromatic heterocycles. The molecular weight excluding hydrogens is 274 g/mol. The first kappa shape index (κ1) is 12.8. The van der Waals surface area contributed by atoms with E-state index in [0.29, 0.717) is 18.1 Å². The monoisotopic (exact) mass is 287 g/mol. The van der Waals surface area contributed by atoms with Crippen LogP contribution in [-0.2, 0) is 9.53 Å². The summed E-state index contributed by atoms with van der Waals surface area (Å²) in [6.07, 6.45) is 1.96. The fourth-order valence-corrected chi connectivity index (χ4v) is 1.44. The quantitative estimate of drug-likeness (QED) is 0.825. The molecule has 16 heavy (non-hydrogen) atoms. The number of hydrogen-bond acceptors (Lipinski definition) is 5. The first-order valence-corrected chi connectivity index (χ1v) is 5.56. The van der Waals surface area contributed by atoms with Crippen molar-refractivity contribution in [3.05, 3.63) is 16.2 Å². The van der Waals surface area contributed by atoms with Crippen LogP contribution in [0.25, 0.3) is 0 Å². The highest BCUT2D eigenvalue weighted by Gasteiger charge is 2.07. The maximum Gasteiger partial charge on any atom is 0.307 e. The van der Waals surface area contributed by atoms with Crippen molar-refractivity contribution in [3.63, 3.8) is 0 Å². The molecule has 0 saturated carbocycles. The van der Waals surface area contributed by atoms with E-state index in [2.05, 4.69) is 31.0 Å². The Morgan fingerprint density at radius 3 is 3.00 bits per heavy atom. The molecule has 1 aromatic rings. The molecule has 0 unspecified atom stereocenters. The maximum atomic E-state index is 10.9. The molecule has 0 saturated heterocycles. The summed E-state index contributed by atoms with van der Waals surface area (Å²) in [5.74, 6) is 0.324. The van der Waals surface area contributed by atoms with Crippen LogP contribution in [-0.4, -0.2) is 24.6 Å². The lowest BCUT2D eigenvalue weighted by molar-refractivity contribution is -0.140. The number of aromatic nitrogens is 1. The van der Waals surface area contributed by atoms with Crippen molar-refractivity contribution < 1.29 is 9.53 Å². The zero-order valence-electron chi connectivity index (χ0n) is 9.21. The average molecular weight is 288 g/mol. The predicted molar refractivity (Wildman–Crippen MR) is 66.2 cm³/mol. The standard InChI is InChI=1S/C10H14BrN3O2/c1-6-7(11)5-14-10(9(6)12)13-4-3-8(15)16-2/h5H,3-4,12H2,1-2H3,(H,13,14). The van der Waals surface area contributed by atoms with Crippen LogP contribution in [0.5, 0.6) is 0 Å². The molecule has 0 fully saturated rings. The molecule has 88 valence electrons. The molecule has 1 heterocycles. The van der Waals surface area contributed by atoms with Gasteiger partial charge in [-0.15, -0.1) is 0 Å². The third kappa shape index (κ3) is 3.10. The molecule has 0 atom stereocenters. The third-order valence-electron chi connectivity index (χ3n) is 2.17. The van der Waals surface area contributed by atoms with E-state index in [0.717, 1.165) is 10.0 Å². The first-order chi connectivity index (χ1) is 7.56. The molecule has 3 N–H and O–H groups in total. The molecule has 0 bridgehead atoms. The molecule has 0 spiro atoms. The Kier molecular flexibility index (Phi) is 4.54. The molecule has 1 rings (SSSR count). The van der Waals surface area contributed by atoms with E-state index in [4.69, 9.17) is 5.73 Å². The lowest BCUT2D eigenvalue weighted by atomic mass is 10.2. The highest BCUT2D eigenvalue weighted by molar-refractivity contribution is 9.10. The number of rotatable bonds is 4. The number of nitrogen functional groups attached to an aromatic ring is 1. The highest BCUT2D eigenvalue weighted by atomic mass is 79.9. The van der Waals surface area contributed by atoms with Gasteiger partial charge in [0, 0.05) is 17.2 Å². The number of esters is 1. The van der Waals surface area contributed by atoms with Gasteiger partial charge in [-0.05, 0) is 28.4 Å². The van der Waals surface area contributed by atoms with Gasteiger partial charge < -0.3 is 15.8 Å². The Bertz CT molecular complexity index is 396. The van der Waals surface area contributed by atoms with Crippen molar-refractivity contribution in [1.29, 1.82) is 0 Å². The van der Waals surface area contributed by atoms with Crippen LogP contribution in [0.3, 0.4) is 0 Å². The van der Waals surface area contributed by atoms with Crippen LogP contribution in [0.15, 0.2) is 10.7 Å².